The van der Waals surface area contributed by atoms with E-state index in [-0.39, 0.29) is 10.8 Å². The second-order valence-electron chi connectivity index (χ2n) is 8.16. The van der Waals surface area contributed by atoms with Crippen LogP contribution in [0.4, 0.5) is 0 Å². The van der Waals surface area contributed by atoms with Crippen LogP contribution >= 0.6 is 0 Å². The molecule has 0 aliphatic carbocycles. The zero-order valence-electron chi connectivity index (χ0n) is 13.6. The Labute approximate surface area is 135 Å². The molecule has 8 nitrogen and oxygen atoms in total. The third kappa shape index (κ3) is 2.52. The van der Waals surface area contributed by atoms with Crippen LogP contribution in [0.1, 0.15) is 13.8 Å². The Kier molecular flexibility index (Phi) is 4.26. The molecule has 4 rings (SSSR count). The first-order valence-corrected chi connectivity index (χ1v) is 8.12. The first kappa shape index (κ1) is 17.5. The van der Waals surface area contributed by atoms with Gasteiger partial charge in [-0.2, -0.15) is 0 Å². The van der Waals surface area contributed by atoms with Crippen LogP contribution in [0.5, 0.6) is 0 Å². The lowest BCUT2D eigenvalue weighted by Gasteiger charge is -2.68. The Balaban J connectivity index is 1.78. The van der Waals surface area contributed by atoms with Crippen molar-refractivity contribution in [2.75, 3.05) is 32.8 Å². The summed E-state index contributed by atoms with van der Waals surface area (Å²) in [6, 6.07) is 0. The fourth-order valence-corrected chi connectivity index (χ4v) is 5.01. The first-order chi connectivity index (χ1) is 10.6. The van der Waals surface area contributed by atoms with Crippen LogP contribution in [-0.2, 0) is 0 Å². The summed E-state index contributed by atoms with van der Waals surface area (Å²) in [6.07, 6.45) is -6.85. The zero-order chi connectivity index (χ0) is 17.2. The molecule has 0 saturated carbocycles. The fourth-order valence-electron chi connectivity index (χ4n) is 5.01. The van der Waals surface area contributed by atoms with E-state index < -0.39 is 43.3 Å². The Morgan fingerprint density at radius 3 is 1.74 bits per heavy atom. The van der Waals surface area contributed by atoms with Gasteiger partial charge in [0.05, 0.1) is 18.9 Å². The SMILES string of the molecule is CC12CN3CC(C)(CN(C1)C3[C@@H](O)[C@@H](O)[C@H](O)[C@@H](O)CO)C2O. The molecule has 4 aliphatic rings. The van der Waals surface area contributed by atoms with Crippen LogP contribution in [0, 0.1) is 10.8 Å². The van der Waals surface area contributed by atoms with Gasteiger partial charge in [0.15, 0.2) is 0 Å². The average Bonchev–Trinajstić information content (AvgIpc) is 2.48. The topological polar surface area (TPSA) is 128 Å². The van der Waals surface area contributed by atoms with E-state index in [0.717, 1.165) is 0 Å². The number of nitrogens with zero attached hydrogens (tertiary/aromatic N) is 2. The van der Waals surface area contributed by atoms with Gasteiger partial charge in [0, 0.05) is 37.0 Å². The molecular weight excluding hydrogens is 304 g/mol. The molecule has 0 aromatic carbocycles. The fraction of sp³-hybridized carbons (Fsp3) is 1.00. The molecule has 0 amide bonds. The molecule has 4 saturated heterocycles. The van der Waals surface area contributed by atoms with E-state index in [1.54, 1.807) is 0 Å². The second kappa shape index (κ2) is 5.60. The molecule has 4 fully saturated rings. The number of aliphatic hydroxyl groups is 6. The molecule has 23 heavy (non-hydrogen) atoms. The molecule has 0 aromatic rings. The lowest BCUT2D eigenvalue weighted by molar-refractivity contribution is -0.277. The second-order valence-corrected chi connectivity index (χ2v) is 8.16. The van der Waals surface area contributed by atoms with Crippen LogP contribution in [0.25, 0.3) is 0 Å². The van der Waals surface area contributed by atoms with Crippen molar-refractivity contribution >= 4 is 0 Å². The maximum absolute atomic E-state index is 10.6. The van der Waals surface area contributed by atoms with Crippen LogP contribution in [0.15, 0.2) is 0 Å². The van der Waals surface area contributed by atoms with E-state index in [4.69, 9.17) is 5.11 Å². The van der Waals surface area contributed by atoms with Gasteiger partial charge < -0.3 is 30.6 Å². The summed E-state index contributed by atoms with van der Waals surface area (Å²) in [5.41, 5.74) is -0.564. The molecule has 8 heteroatoms. The third-order valence-electron chi connectivity index (χ3n) is 5.91. The molecule has 6 N–H and O–H groups in total. The molecular formula is C15H28N2O6. The smallest absolute Gasteiger partial charge is 0.111 e. The maximum Gasteiger partial charge on any atom is 0.111 e. The van der Waals surface area contributed by atoms with Gasteiger partial charge in [-0.3, -0.25) is 9.80 Å². The van der Waals surface area contributed by atoms with Crippen LogP contribution in [0.3, 0.4) is 0 Å². The molecule has 0 spiro atoms. The first-order valence-electron chi connectivity index (χ1n) is 8.12. The lowest BCUT2D eigenvalue weighted by Crippen LogP contribution is -2.81. The highest BCUT2D eigenvalue weighted by Crippen LogP contribution is 2.51. The summed E-state index contributed by atoms with van der Waals surface area (Å²) in [6.45, 7) is 5.78. The normalized spacial score (nSPS) is 50.6. The lowest BCUT2D eigenvalue weighted by atomic mass is 9.60. The highest BCUT2D eigenvalue weighted by molar-refractivity contribution is 5.14. The maximum atomic E-state index is 10.6. The molecule has 0 aromatic heterocycles. The summed E-state index contributed by atoms with van der Waals surface area (Å²) in [4.78, 5) is 4.07. The predicted octanol–water partition coefficient (Wildman–Crippen LogP) is -3.23. The minimum atomic E-state index is -1.62. The Hall–Kier alpha value is -0.320. The van der Waals surface area contributed by atoms with E-state index in [9.17, 15) is 25.5 Å². The van der Waals surface area contributed by atoms with E-state index >= 15 is 0 Å². The number of hydrogen-bond donors (Lipinski definition) is 6. The summed E-state index contributed by atoms with van der Waals surface area (Å²) < 4.78 is 0. The van der Waals surface area contributed by atoms with Gasteiger partial charge in [0.2, 0.25) is 0 Å². The largest absolute Gasteiger partial charge is 0.394 e. The van der Waals surface area contributed by atoms with Crippen molar-refractivity contribution in [1.82, 2.24) is 9.80 Å². The van der Waals surface area contributed by atoms with Gasteiger partial charge in [0.25, 0.3) is 0 Å². The monoisotopic (exact) mass is 332 g/mol. The van der Waals surface area contributed by atoms with Gasteiger partial charge in [-0.15, -0.1) is 0 Å². The number of hydrogen-bond acceptors (Lipinski definition) is 8. The molecule has 134 valence electrons. The van der Waals surface area contributed by atoms with Gasteiger partial charge in [-0.1, -0.05) is 13.8 Å². The third-order valence-corrected chi connectivity index (χ3v) is 5.91. The minimum Gasteiger partial charge on any atom is -0.394 e. The standard InChI is InChI=1S/C15H28N2O6/c1-14-4-16-6-15(2,13(14)23)7-17(5-14)12(16)11(22)10(21)9(20)8(19)3-18/h8-13,18-23H,3-7H2,1-2H3/t8-,9+,10-,11-,12?,13?,14?,15?/m0/s1. The number of piperidine rings is 2. The molecule has 4 atom stereocenters. The molecule has 4 heterocycles. The summed E-state index contributed by atoms with van der Waals surface area (Å²) in [7, 11) is 0. The van der Waals surface area contributed by atoms with Crippen LogP contribution in [-0.4, -0.2) is 110 Å². The van der Waals surface area contributed by atoms with Crippen molar-refractivity contribution in [2.45, 2.75) is 50.5 Å². The quantitative estimate of drug-likeness (QED) is 0.310. The number of aliphatic hydroxyl groups excluding tert-OH is 6. The van der Waals surface area contributed by atoms with E-state index in [2.05, 4.69) is 0 Å². The van der Waals surface area contributed by atoms with Gasteiger partial charge in [0.1, 0.15) is 24.4 Å². The summed E-state index contributed by atoms with van der Waals surface area (Å²) in [5.74, 6) is 0. The van der Waals surface area contributed by atoms with E-state index in [1.807, 2.05) is 23.6 Å². The average molecular weight is 332 g/mol. The molecule has 0 unspecified atom stereocenters. The van der Waals surface area contributed by atoms with E-state index in [0.29, 0.717) is 26.2 Å². The van der Waals surface area contributed by atoms with Crippen molar-refractivity contribution in [2.24, 2.45) is 10.8 Å². The van der Waals surface area contributed by atoms with Crippen molar-refractivity contribution in [1.29, 1.82) is 0 Å². The predicted molar refractivity (Wildman–Crippen MR) is 80.3 cm³/mol. The van der Waals surface area contributed by atoms with Crippen molar-refractivity contribution in [3.63, 3.8) is 0 Å². The van der Waals surface area contributed by atoms with Gasteiger partial charge >= 0.3 is 0 Å². The van der Waals surface area contributed by atoms with Gasteiger partial charge in [-0.05, 0) is 0 Å². The summed E-state index contributed by atoms with van der Waals surface area (Å²) in [5, 5.41) is 59.6. The van der Waals surface area contributed by atoms with Crippen LogP contribution < -0.4 is 0 Å². The van der Waals surface area contributed by atoms with E-state index in [1.165, 1.54) is 0 Å². The van der Waals surface area contributed by atoms with Crippen molar-refractivity contribution in [3.8, 4) is 0 Å². The van der Waals surface area contributed by atoms with Crippen molar-refractivity contribution in [3.05, 3.63) is 0 Å². The highest BCUT2D eigenvalue weighted by atomic mass is 16.4. The van der Waals surface area contributed by atoms with Crippen LogP contribution in [0.2, 0.25) is 0 Å². The minimum absolute atomic E-state index is 0.282. The summed E-state index contributed by atoms with van der Waals surface area (Å²) >= 11 is 0. The molecule has 4 aliphatic heterocycles. The zero-order valence-corrected chi connectivity index (χ0v) is 13.6. The number of rotatable bonds is 5. The Morgan fingerprint density at radius 2 is 1.35 bits per heavy atom. The Morgan fingerprint density at radius 1 is 0.913 bits per heavy atom. The van der Waals surface area contributed by atoms with Gasteiger partial charge in [-0.25, -0.2) is 0 Å². The van der Waals surface area contributed by atoms with Crippen molar-refractivity contribution < 1.29 is 30.6 Å². The molecule has 4 bridgehead atoms. The Bertz CT molecular complexity index is 425. The molecule has 0 radical (unpaired) electrons. The highest BCUT2D eigenvalue weighted by Gasteiger charge is 2.63.